The molecule has 0 atom stereocenters. The van der Waals surface area contributed by atoms with Crippen molar-refractivity contribution in [3.8, 4) is 17.2 Å². The minimum atomic E-state index is -0.144. The molecule has 0 aliphatic rings. The zero-order chi connectivity index (χ0) is 20.5. The summed E-state index contributed by atoms with van der Waals surface area (Å²) < 4.78 is 16.8. The minimum Gasteiger partial charge on any atom is -0.490 e. The Bertz CT molecular complexity index is 955. The number of nitrogens with one attached hydrogen (secondary N) is 1. The number of benzene rings is 3. The van der Waals surface area contributed by atoms with Gasteiger partial charge in [0.05, 0.1) is 13.2 Å². The van der Waals surface area contributed by atoms with E-state index in [0.717, 1.165) is 27.8 Å². The lowest BCUT2D eigenvalue weighted by molar-refractivity contribution is -0.123. The van der Waals surface area contributed by atoms with Gasteiger partial charge in [0.2, 0.25) is 0 Å². The molecule has 29 heavy (non-hydrogen) atoms. The predicted molar refractivity (Wildman–Crippen MR) is 115 cm³/mol. The lowest BCUT2D eigenvalue weighted by atomic mass is 10.1. The normalized spacial score (nSPS) is 10.6. The second kappa shape index (κ2) is 10.4. The molecule has 3 aromatic rings. The number of fused-ring (bicyclic) bond motifs is 1. The Morgan fingerprint density at radius 2 is 1.59 bits per heavy atom. The molecule has 0 spiro atoms. The van der Waals surface area contributed by atoms with Gasteiger partial charge in [-0.05, 0) is 60.9 Å². The van der Waals surface area contributed by atoms with Crippen molar-refractivity contribution in [2.45, 2.75) is 20.3 Å². The van der Waals surface area contributed by atoms with Crippen molar-refractivity contribution >= 4 is 16.7 Å². The molecule has 5 nitrogen and oxygen atoms in total. The Morgan fingerprint density at radius 1 is 0.828 bits per heavy atom. The Morgan fingerprint density at radius 3 is 2.38 bits per heavy atom. The highest BCUT2D eigenvalue weighted by molar-refractivity contribution is 5.84. The predicted octanol–water partition coefficient (Wildman–Crippen LogP) is 4.37. The average molecular weight is 393 g/mol. The molecule has 1 amide bonds. The molecule has 0 bridgehead atoms. The fourth-order valence-electron chi connectivity index (χ4n) is 3.05. The lowest BCUT2D eigenvalue weighted by Crippen LogP contribution is -2.30. The van der Waals surface area contributed by atoms with Gasteiger partial charge in [0.15, 0.2) is 18.1 Å². The number of rotatable bonds is 10. The minimum absolute atomic E-state index is 0.00812. The molecule has 0 saturated carbocycles. The molecule has 0 fully saturated rings. The van der Waals surface area contributed by atoms with E-state index in [9.17, 15) is 4.79 Å². The summed E-state index contributed by atoms with van der Waals surface area (Å²) >= 11 is 0. The molecule has 0 aliphatic carbocycles. The zero-order valence-corrected chi connectivity index (χ0v) is 16.9. The van der Waals surface area contributed by atoms with Gasteiger partial charge in [0, 0.05) is 6.54 Å². The molecule has 0 aliphatic heterocycles. The van der Waals surface area contributed by atoms with Crippen LogP contribution in [0, 0.1) is 0 Å². The molecule has 1 N–H and O–H groups in total. The lowest BCUT2D eigenvalue weighted by Gasteiger charge is -2.13. The van der Waals surface area contributed by atoms with E-state index in [1.54, 1.807) is 0 Å². The topological polar surface area (TPSA) is 56.8 Å². The molecule has 3 rings (SSSR count). The van der Waals surface area contributed by atoms with E-state index in [4.69, 9.17) is 14.2 Å². The molecule has 0 heterocycles. The third-order valence-electron chi connectivity index (χ3n) is 4.43. The summed E-state index contributed by atoms with van der Waals surface area (Å²) in [4.78, 5) is 12.1. The summed E-state index contributed by atoms with van der Waals surface area (Å²) in [5.74, 6) is 2.02. The maximum absolute atomic E-state index is 12.1. The second-order valence-electron chi connectivity index (χ2n) is 6.54. The van der Waals surface area contributed by atoms with Crippen molar-refractivity contribution in [1.29, 1.82) is 0 Å². The first kappa shape index (κ1) is 20.5. The highest BCUT2D eigenvalue weighted by Gasteiger charge is 2.07. The number of amides is 1. The van der Waals surface area contributed by atoms with Gasteiger partial charge in [0.1, 0.15) is 5.75 Å². The monoisotopic (exact) mass is 393 g/mol. The van der Waals surface area contributed by atoms with E-state index in [0.29, 0.717) is 31.9 Å². The van der Waals surface area contributed by atoms with E-state index >= 15 is 0 Å². The van der Waals surface area contributed by atoms with Crippen LogP contribution in [0.4, 0.5) is 0 Å². The van der Waals surface area contributed by atoms with Gasteiger partial charge in [-0.3, -0.25) is 4.79 Å². The van der Waals surface area contributed by atoms with Gasteiger partial charge in [-0.2, -0.15) is 0 Å². The van der Waals surface area contributed by atoms with Crippen molar-refractivity contribution in [3.05, 3.63) is 66.2 Å². The van der Waals surface area contributed by atoms with Crippen LogP contribution in [0.5, 0.6) is 17.2 Å². The summed E-state index contributed by atoms with van der Waals surface area (Å²) in [7, 11) is 0. The first-order chi connectivity index (χ1) is 14.2. The fraction of sp³-hybridized carbons (Fsp3) is 0.292. The van der Waals surface area contributed by atoms with E-state index in [2.05, 4.69) is 5.32 Å². The van der Waals surface area contributed by atoms with E-state index in [1.807, 2.05) is 74.5 Å². The number of ether oxygens (including phenoxy) is 3. The van der Waals surface area contributed by atoms with Crippen LogP contribution in [0.2, 0.25) is 0 Å². The van der Waals surface area contributed by atoms with Gasteiger partial charge in [-0.1, -0.05) is 36.4 Å². The van der Waals surface area contributed by atoms with Crippen LogP contribution in [-0.2, 0) is 11.2 Å². The molecule has 0 unspecified atom stereocenters. The Hall–Kier alpha value is -3.21. The molecule has 0 saturated heterocycles. The Labute approximate surface area is 171 Å². The van der Waals surface area contributed by atoms with Crippen LogP contribution < -0.4 is 19.5 Å². The SMILES string of the molecule is CCOc1ccc(CCNC(=O)COc2ccc3ccccc3c2)cc1OCC. The molecular formula is C24H27NO4. The first-order valence-electron chi connectivity index (χ1n) is 9.96. The van der Waals surface area contributed by atoms with Crippen LogP contribution in [-0.4, -0.2) is 32.3 Å². The van der Waals surface area contributed by atoms with Crippen LogP contribution in [0.25, 0.3) is 10.8 Å². The number of carbonyl (C=O) groups excluding carboxylic acids is 1. The highest BCUT2D eigenvalue weighted by Crippen LogP contribution is 2.28. The van der Waals surface area contributed by atoms with Crippen molar-refractivity contribution in [3.63, 3.8) is 0 Å². The smallest absolute Gasteiger partial charge is 0.257 e. The third-order valence-corrected chi connectivity index (χ3v) is 4.43. The third kappa shape index (κ3) is 5.88. The molecule has 0 radical (unpaired) electrons. The summed E-state index contributed by atoms with van der Waals surface area (Å²) in [5, 5.41) is 5.13. The van der Waals surface area contributed by atoms with Gasteiger partial charge in [-0.15, -0.1) is 0 Å². The number of carbonyl (C=O) groups is 1. The maximum Gasteiger partial charge on any atom is 0.257 e. The standard InChI is InChI=1S/C24H27NO4/c1-3-27-22-12-9-18(15-23(22)28-4-2)13-14-25-24(26)17-29-21-11-10-19-7-5-6-8-20(19)16-21/h5-12,15-16H,3-4,13-14,17H2,1-2H3,(H,25,26). The largest absolute Gasteiger partial charge is 0.490 e. The van der Waals surface area contributed by atoms with Gasteiger partial charge < -0.3 is 19.5 Å². The van der Waals surface area contributed by atoms with Crippen LogP contribution in [0.3, 0.4) is 0 Å². The van der Waals surface area contributed by atoms with Crippen molar-refractivity contribution in [1.82, 2.24) is 5.32 Å². The van der Waals surface area contributed by atoms with Crippen molar-refractivity contribution < 1.29 is 19.0 Å². The van der Waals surface area contributed by atoms with Crippen LogP contribution >= 0.6 is 0 Å². The van der Waals surface area contributed by atoms with Crippen molar-refractivity contribution in [2.24, 2.45) is 0 Å². The number of hydrogen-bond acceptors (Lipinski definition) is 4. The van der Waals surface area contributed by atoms with Gasteiger partial charge >= 0.3 is 0 Å². The molecule has 3 aromatic carbocycles. The summed E-state index contributed by atoms with van der Waals surface area (Å²) in [6, 6.07) is 19.7. The van der Waals surface area contributed by atoms with Crippen LogP contribution in [0.1, 0.15) is 19.4 Å². The highest BCUT2D eigenvalue weighted by atomic mass is 16.5. The summed E-state index contributed by atoms with van der Waals surface area (Å²) in [6.45, 7) is 5.57. The quantitative estimate of drug-likeness (QED) is 0.556. The van der Waals surface area contributed by atoms with Crippen molar-refractivity contribution in [2.75, 3.05) is 26.4 Å². The maximum atomic E-state index is 12.1. The van der Waals surface area contributed by atoms with E-state index < -0.39 is 0 Å². The molecular weight excluding hydrogens is 366 g/mol. The average Bonchev–Trinajstić information content (AvgIpc) is 2.74. The van der Waals surface area contributed by atoms with Gasteiger partial charge in [-0.25, -0.2) is 0 Å². The molecule has 152 valence electrons. The van der Waals surface area contributed by atoms with E-state index in [-0.39, 0.29) is 12.5 Å². The zero-order valence-electron chi connectivity index (χ0n) is 16.9. The summed E-state index contributed by atoms with van der Waals surface area (Å²) in [5.41, 5.74) is 1.08. The Kier molecular flexibility index (Phi) is 7.34. The van der Waals surface area contributed by atoms with Gasteiger partial charge in [0.25, 0.3) is 5.91 Å². The first-order valence-corrected chi connectivity index (χ1v) is 9.96. The second-order valence-corrected chi connectivity index (χ2v) is 6.54. The molecule has 0 aromatic heterocycles. The summed E-state index contributed by atoms with van der Waals surface area (Å²) in [6.07, 6.45) is 0.703. The Balaban J connectivity index is 1.47. The fourth-order valence-corrected chi connectivity index (χ4v) is 3.05. The number of hydrogen-bond donors (Lipinski definition) is 1. The van der Waals surface area contributed by atoms with E-state index in [1.165, 1.54) is 0 Å². The molecule has 5 heteroatoms. The van der Waals surface area contributed by atoms with Crippen LogP contribution in [0.15, 0.2) is 60.7 Å².